The van der Waals surface area contributed by atoms with Crippen LogP contribution in [0.25, 0.3) is 10.6 Å². The smallest absolute Gasteiger partial charge is 0.335 e. The number of carbonyl (C=O) groups is 1. The zero-order valence-corrected chi connectivity index (χ0v) is 11.9. The Morgan fingerprint density at radius 1 is 1.58 bits per heavy atom. The second-order valence-corrected chi connectivity index (χ2v) is 6.10. The molecule has 0 radical (unpaired) electrons. The van der Waals surface area contributed by atoms with E-state index < -0.39 is 11.6 Å². The summed E-state index contributed by atoms with van der Waals surface area (Å²) in [4.78, 5) is 11.8. The molecule has 0 amide bonds. The molecule has 0 saturated carbocycles. The highest BCUT2D eigenvalue weighted by Gasteiger charge is 2.28. The number of carboxylic acid groups (broad SMARTS) is 1. The van der Waals surface area contributed by atoms with Crippen LogP contribution in [0, 0.1) is 0 Å². The molecule has 0 aliphatic heterocycles. The van der Waals surface area contributed by atoms with Crippen LogP contribution in [0.4, 0.5) is 0 Å². The molecule has 0 aliphatic carbocycles. The molecule has 5 nitrogen and oxygen atoms in total. The molecule has 2 aromatic rings. The summed E-state index contributed by atoms with van der Waals surface area (Å²) >= 11 is 7.23. The highest BCUT2D eigenvalue weighted by Crippen LogP contribution is 2.30. The molecule has 0 aromatic carbocycles. The van der Waals surface area contributed by atoms with Gasteiger partial charge in [-0.25, -0.2) is 4.79 Å². The van der Waals surface area contributed by atoms with Crippen LogP contribution in [0.5, 0.6) is 0 Å². The molecule has 0 fully saturated rings. The topological polar surface area (TPSA) is 72.6 Å². The Labute approximate surface area is 118 Å². The summed E-state index contributed by atoms with van der Waals surface area (Å²) < 4.78 is 11.0. The number of aromatic nitrogens is 1. The van der Waals surface area contributed by atoms with Crippen molar-refractivity contribution in [3.05, 3.63) is 28.3 Å². The maximum atomic E-state index is 10.9. The van der Waals surface area contributed by atoms with Crippen LogP contribution in [0.1, 0.15) is 19.6 Å². The van der Waals surface area contributed by atoms with E-state index in [0.29, 0.717) is 15.8 Å². The fraction of sp³-hybridized carbons (Fsp3) is 0.333. The Morgan fingerprint density at radius 3 is 2.89 bits per heavy atom. The molecule has 0 unspecified atom stereocenters. The molecule has 1 N–H and O–H groups in total. The molecule has 2 rings (SSSR count). The number of halogens is 1. The first-order valence-electron chi connectivity index (χ1n) is 5.47. The molecule has 0 bridgehead atoms. The van der Waals surface area contributed by atoms with E-state index in [0.717, 1.165) is 4.88 Å². The van der Waals surface area contributed by atoms with Crippen LogP contribution in [-0.2, 0) is 16.1 Å². The van der Waals surface area contributed by atoms with Gasteiger partial charge in [-0.1, -0.05) is 16.8 Å². The lowest BCUT2D eigenvalue weighted by molar-refractivity contribution is -0.163. The first-order chi connectivity index (χ1) is 8.88. The number of thiophene rings is 1. The molecule has 19 heavy (non-hydrogen) atoms. The summed E-state index contributed by atoms with van der Waals surface area (Å²) in [7, 11) is 0. The summed E-state index contributed by atoms with van der Waals surface area (Å²) in [5.74, 6) is -0.564. The first kappa shape index (κ1) is 14.0. The number of aliphatic carboxylic acids is 1. The van der Waals surface area contributed by atoms with E-state index in [2.05, 4.69) is 5.16 Å². The molecule has 2 aromatic heterocycles. The van der Waals surface area contributed by atoms with Gasteiger partial charge in [-0.05, 0) is 26.0 Å². The lowest BCUT2D eigenvalue weighted by Gasteiger charge is -2.18. The van der Waals surface area contributed by atoms with Gasteiger partial charge in [-0.3, -0.25) is 0 Å². The van der Waals surface area contributed by atoms with Gasteiger partial charge in [0.05, 0.1) is 9.21 Å². The molecule has 0 aliphatic rings. The van der Waals surface area contributed by atoms with Crippen LogP contribution in [0.15, 0.2) is 22.7 Å². The van der Waals surface area contributed by atoms with Crippen molar-refractivity contribution in [2.45, 2.75) is 26.1 Å². The third-order valence-corrected chi connectivity index (χ3v) is 3.73. The molecule has 102 valence electrons. The largest absolute Gasteiger partial charge is 0.479 e. The minimum Gasteiger partial charge on any atom is -0.479 e. The van der Waals surface area contributed by atoms with Crippen LogP contribution in [-0.4, -0.2) is 21.8 Å². The van der Waals surface area contributed by atoms with E-state index >= 15 is 0 Å². The quantitative estimate of drug-likeness (QED) is 0.916. The minimum absolute atomic E-state index is 0.0470. The maximum Gasteiger partial charge on any atom is 0.335 e. The van der Waals surface area contributed by atoms with Crippen LogP contribution >= 0.6 is 22.9 Å². The van der Waals surface area contributed by atoms with E-state index in [4.69, 9.17) is 26.0 Å². The summed E-state index contributed by atoms with van der Waals surface area (Å²) in [6, 6.07) is 5.33. The standard InChI is InChI=1S/C12H12ClNO4S/c1-12(2,11(15)16)17-6-7-5-8(14-18-7)9-3-4-10(13)19-9/h3-5H,6H2,1-2H3,(H,15,16). The average Bonchev–Trinajstić information content (AvgIpc) is 2.94. The Kier molecular flexibility index (Phi) is 3.93. The summed E-state index contributed by atoms with van der Waals surface area (Å²) in [5, 5.41) is 12.8. The number of hydrogen-bond acceptors (Lipinski definition) is 5. The molecule has 7 heteroatoms. The fourth-order valence-electron chi connectivity index (χ4n) is 1.26. The molecule has 0 spiro atoms. The summed E-state index contributed by atoms with van der Waals surface area (Å²) in [5.41, 5.74) is -0.609. The number of nitrogens with zero attached hydrogens (tertiary/aromatic N) is 1. The van der Waals surface area contributed by atoms with E-state index in [1.165, 1.54) is 25.2 Å². The Balaban J connectivity index is 2.04. The van der Waals surface area contributed by atoms with Gasteiger partial charge >= 0.3 is 5.97 Å². The predicted molar refractivity (Wildman–Crippen MR) is 71.3 cm³/mol. The number of hydrogen-bond donors (Lipinski definition) is 1. The van der Waals surface area contributed by atoms with Crippen molar-refractivity contribution in [2.24, 2.45) is 0 Å². The summed E-state index contributed by atoms with van der Waals surface area (Å²) in [6.45, 7) is 3.00. The van der Waals surface area contributed by atoms with E-state index in [9.17, 15) is 4.79 Å². The van der Waals surface area contributed by atoms with Gasteiger partial charge in [0.1, 0.15) is 12.3 Å². The summed E-state index contributed by atoms with van der Waals surface area (Å²) in [6.07, 6.45) is 0. The van der Waals surface area contributed by atoms with Crippen molar-refractivity contribution in [3.63, 3.8) is 0 Å². The van der Waals surface area contributed by atoms with Gasteiger partial charge in [-0.2, -0.15) is 0 Å². The predicted octanol–water partition coefficient (Wildman–Crippen LogP) is 3.44. The average molecular weight is 302 g/mol. The fourth-order valence-corrected chi connectivity index (χ4v) is 2.26. The van der Waals surface area contributed by atoms with Crippen molar-refractivity contribution in [1.82, 2.24) is 5.16 Å². The molecule has 0 saturated heterocycles. The van der Waals surface area contributed by atoms with Gasteiger partial charge in [0.15, 0.2) is 11.4 Å². The van der Waals surface area contributed by atoms with Crippen molar-refractivity contribution < 1.29 is 19.2 Å². The lowest BCUT2D eigenvalue weighted by atomic mass is 10.1. The van der Waals surface area contributed by atoms with E-state index in [-0.39, 0.29) is 6.61 Å². The van der Waals surface area contributed by atoms with Gasteiger partial charge in [0.25, 0.3) is 0 Å². The molecule has 2 heterocycles. The lowest BCUT2D eigenvalue weighted by Crippen LogP contribution is -2.34. The Hall–Kier alpha value is -1.37. The zero-order chi connectivity index (χ0) is 14.0. The maximum absolute atomic E-state index is 10.9. The molecule has 0 atom stereocenters. The van der Waals surface area contributed by atoms with Crippen molar-refractivity contribution in [3.8, 4) is 10.6 Å². The second-order valence-electron chi connectivity index (χ2n) is 4.39. The highest BCUT2D eigenvalue weighted by molar-refractivity contribution is 7.19. The SMILES string of the molecule is CC(C)(OCc1cc(-c2ccc(Cl)s2)no1)C(=O)O. The first-order valence-corrected chi connectivity index (χ1v) is 6.66. The third kappa shape index (κ3) is 3.34. The van der Waals surface area contributed by atoms with E-state index in [1.807, 2.05) is 6.07 Å². The highest BCUT2D eigenvalue weighted by atomic mass is 35.5. The van der Waals surface area contributed by atoms with E-state index in [1.54, 1.807) is 12.1 Å². The van der Waals surface area contributed by atoms with Gasteiger partial charge in [-0.15, -0.1) is 11.3 Å². The number of rotatable bonds is 5. The number of carboxylic acids is 1. The van der Waals surface area contributed by atoms with Crippen molar-refractivity contribution in [1.29, 1.82) is 0 Å². The normalized spacial score (nSPS) is 11.7. The van der Waals surface area contributed by atoms with Gasteiger partial charge < -0.3 is 14.4 Å². The third-order valence-electron chi connectivity index (χ3n) is 2.47. The second kappa shape index (κ2) is 5.32. The van der Waals surface area contributed by atoms with Gasteiger partial charge in [0, 0.05) is 6.07 Å². The van der Waals surface area contributed by atoms with Crippen molar-refractivity contribution >= 4 is 28.9 Å². The van der Waals surface area contributed by atoms with Gasteiger partial charge in [0.2, 0.25) is 0 Å². The molecular formula is C12H12ClNO4S. The molecular weight excluding hydrogens is 290 g/mol. The minimum atomic E-state index is -1.26. The van der Waals surface area contributed by atoms with Crippen LogP contribution in [0.2, 0.25) is 4.34 Å². The van der Waals surface area contributed by atoms with Crippen LogP contribution < -0.4 is 0 Å². The zero-order valence-electron chi connectivity index (χ0n) is 10.3. The van der Waals surface area contributed by atoms with Crippen LogP contribution in [0.3, 0.4) is 0 Å². The Bertz CT molecular complexity index is 590. The Morgan fingerprint density at radius 2 is 2.32 bits per heavy atom. The monoisotopic (exact) mass is 301 g/mol. The number of ether oxygens (including phenoxy) is 1. The van der Waals surface area contributed by atoms with Crippen molar-refractivity contribution in [2.75, 3.05) is 0 Å².